The van der Waals surface area contributed by atoms with Gasteiger partial charge in [0, 0.05) is 5.54 Å². The van der Waals surface area contributed by atoms with E-state index in [9.17, 15) is 14.7 Å². The fraction of sp³-hybridized carbons (Fsp3) is 0.917. The predicted molar refractivity (Wildman–Crippen MR) is 123 cm³/mol. The maximum absolute atomic E-state index is 13.5. The fourth-order valence-corrected chi connectivity index (χ4v) is 6.90. The average molecular weight is 448 g/mol. The van der Waals surface area contributed by atoms with Gasteiger partial charge in [-0.25, -0.2) is 4.79 Å². The van der Waals surface area contributed by atoms with Crippen molar-refractivity contribution in [1.82, 2.24) is 10.2 Å². The van der Waals surface area contributed by atoms with E-state index in [4.69, 9.17) is 9.31 Å². The van der Waals surface area contributed by atoms with Crippen LogP contribution in [0, 0.1) is 23.2 Å². The van der Waals surface area contributed by atoms with Crippen LogP contribution in [0.25, 0.3) is 0 Å². The highest BCUT2D eigenvalue weighted by molar-refractivity contribution is 6.48. The number of carboxylic acid groups (broad SMARTS) is 1. The summed E-state index contributed by atoms with van der Waals surface area (Å²) in [5, 5.41) is 13.1. The molecule has 5 fully saturated rings. The first-order valence-electron chi connectivity index (χ1n) is 12.3. The van der Waals surface area contributed by atoms with Crippen LogP contribution in [0.4, 0.5) is 4.79 Å². The fourth-order valence-electron chi connectivity index (χ4n) is 6.90. The van der Waals surface area contributed by atoms with Crippen molar-refractivity contribution >= 4 is 19.1 Å². The lowest BCUT2D eigenvalue weighted by atomic mass is 9.43. The van der Waals surface area contributed by atoms with Crippen LogP contribution in [0.3, 0.4) is 0 Å². The highest BCUT2D eigenvalue weighted by Gasteiger charge is 2.69. The Morgan fingerprint density at radius 3 is 2.28 bits per heavy atom. The van der Waals surface area contributed by atoms with E-state index in [0.717, 1.165) is 12.8 Å². The summed E-state index contributed by atoms with van der Waals surface area (Å²) in [6.45, 7) is 16.6. The smallest absolute Gasteiger partial charge is 0.465 e. The lowest BCUT2D eigenvalue weighted by Gasteiger charge is -2.64. The molecule has 180 valence electrons. The third-order valence-electron chi connectivity index (χ3n) is 8.78. The second kappa shape index (κ2) is 7.36. The zero-order chi connectivity index (χ0) is 23.9. The number of amides is 2. The van der Waals surface area contributed by atoms with Gasteiger partial charge in [-0.15, -0.1) is 0 Å². The third-order valence-corrected chi connectivity index (χ3v) is 8.78. The summed E-state index contributed by atoms with van der Waals surface area (Å²) in [4.78, 5) is 26.9. The molecule has 0 aromatic rings. The van der Waals surface area contributed by atoms with Gasteiger partial charge < -0.3 is 19.7 Å². The van der Waals surface area contributed by atoms with Gasteiger partial charge in [0.05, 0.1) is 17.6 Å². The summed E-state index contributed by atoms with van der Waals surface area (Å²) in [7, 11) is -0.504. The minimum absolute atomic E-state index is 0.0517. The Balaban J connectivity index is 1.53. The van der Waals surface area contributed by atoms with E-state index >= 15 is 0 Å². The van der Waals surface area contributed by atoms with Crippen LogP contribution in [0.2, 0.25) is 0 Å². The molecule has 32 heavy (non-hydrogen) atoms. The molecule has 0 aromatic carbocycles. The summed E-state index contributed by atoms with van der Waals surface area (Å²) in [6, 6.07) is 0. The lowest BCUT2D eigenvalue weighted by Crippen LogP contribution is -2.65. The van der Waals surface area contributed by atoms with E-state index < -0.39 is 24.3 Å². The normalized spacial score (nSPS) is 35.0. The number of rotatable bonds is 6. The van der Waals surface area contributed by atoms with Gasteiger partial charge in [-0.05, 0) is 83.0 Å². The minimum Gasteiger partial charge on any atom is -0.465 e. The largest absolute Gasteiger partial charge is 0.481 e. The molecule has 0 aromatic heterocycles. The van der Waals surface area contributed by atoms with Crippen molar-refractivity contribution in [3.8, 4) is 0 Å². The van der Waals surface area contributed by atoms with Crippen LogP contribution in [0.5, 0.6) is 0 Å². The number of hydrogen-bond acceptors (Lipinski definition) is 4. The van der Waals surface area contributed by atoms with Gasteiger partial charge in [0.1, 0.15) is 5.54 Å². The number of carbonyl (C=O) groups is 2. The van der Waals surface area contributed by atoms with Crippen molar-refractivity contribution in [1.29, 1.82) is 0 Å². The lowest BCUT2D eigenvalue weighted by molar-refractivity contribution is -0.199. The average Bonchev–Trinajstić information content (AvgIpc) is 3.32. The first kappa shape index (κ1) is 23.9. The molecule has 1 aliphatic heterocycles. The van der Waals surface area contributed by atoms with E-state index in [-0.39, 0.29) is 29.0 Å². The molecule has 1 heterocycles. The molecular formula is C24H41BN2O5. The van der Waals surface area contributed by atoms with E-state index in [2.05, 4.69) is 39.9 Å². The number of nitrogens with zero attached hydrogens (tertiary/aromatic N) is 1. The molecule has 8 heteroatoms. The Morgan fingerprint density at radius 1 is 1.19 bits per heavy atom. The Morgan fingerprint density at radius 2 is 1.81 bits per heavy atom. The molecule has 0 unspecified atom stereocenters. The highest BCUT2D eigenvalue weighted by atomic mass is 16.7. The second-order valence-corrected chi connectivity index (χ2v) is 12.9. The van der Waals surface area contributed by atoms with Gasteiger partial charge in [0.15, 0.2) is 0 Å². The molecule has 0 radical (unpaired) electrons. The third kappa shape index (κ3) is 3.56. The first-order valence-corrected chi connectivity index (χ1v) is 12.3. The second-order valence-electron chi connectivity index (χ2n) is 12.9. The van der Waals surface area contributed by atoms with E-state index in [1.54, 1.807) is 0 Å². The standard InChI is InChI=1S/C24H41BN2O5/c1-14(2)11-18(26-19(28)24(9-10-24)27(20(29)30)21(3,4)5)25-31-17-13-15-12-16(22(15,6)7)23(17,8)32-25/h14-18H,9-13H2,1-8H3,(H,26,28)(H,29,30)/t15-,16-,17+,18-,23-/m0/s1. The predicted octanol–water partition coefficient (Wildman–Crippen LogP) is 4.10. The molecule has 7 nitrogen and oxygen atoms in total. The molecule has 2 bridgehead atoms. The molecule has 4 saturated carbocycles. The van der Waals surface area contributed by atoms with Gasteiger partial charge in [-0.1, -0.05) is 27.7 Å². The van der Waals surface area contributed by atoms with Crippen LogP contribution >= 0.6 is 0 Å². The van der Waals surface area contributed by atoms with Gasteiger partial charge >= 0.3 is 13.2 Å². The summed E-state index contributed by atoms with van der Waals surface area (Å²) in [6.07, 6.45) is 2.98. The molecule has 2 N–H and O–H groups in total. The quantitative estimate of drug-likeness (QED) is 0.598. The molecular weight excluding hydrogens is 407 g/mol. The Kier molecular flexibility index (Phi) is 5.49. The Bertz CT molecular complexity index is 790. The van der Waals surface area contributed by atoms with Crippen LogP contribution in [-0.2, 0) is 14.1 Å². The summed E-state index contributed by atoms with van der Waals surface area (Å²) >= 11 is 0. The highest BCUT2D eigenvalue weighted by Crippen LogP contribution is 2.65. The molecule has 2 amide bonds. The monoisotopic (exact) mass is 448 g/mol. The van der Waals surface area contributed by atoms with Crippen LogP contribution in [0.15, 0.2) is 0 Å². The SMILES string of the molecule is CC(C)C[C@H](NC(=O)C1(N(C(=O)O)C(C)(C)C)CC1)B1O[C@@H]2C[C@@H]3C[C@@H](C3(C)C)[C@]2(C)O1. The molecule has 5 atom stereocenters. The van der Waals surface area contributed by atoms with E-state index in [0.29, 0.717) is 30.6 Å². The van der Waals surface area contributed by atoms with Crippen molar-refractivity contribution in [3.05, 3.63) is 0 Å². The Hall–Kier alpha value is -1.28. The maximum atomic E-state index is 13.5. The van der Waals surface area contributed by atoms with Crippen molar-refractivity contribution in [2.45, 2.75) is 116 Å². The molecule has 4 aliphatic carbocycles. The first-order chi connectivity index (χ1) is 14.6. The molecule has 1 saturated heterocycles. The summed E-state index contributed by atoms with van der Waals surface area (Å²) in [5.41, 5.74) is -1.74. The van der Waals surface area contributed by atoms with Crippen molar-refractivity contribution in [2.24, 2.45) is 23.2 Å². The summed E-state index contributed by atoms with van der Waals surface area (Å²) in [5.74, 6) is 0.922. The maximum Gasteiger partial charge on any atom is 0.481 e. The zero-order valence-electron chi connectivity index (χ0n) is 21.0. The van der Waals surface area contributed by atoms with Crippen molar-refractivity contribution in [3.63, 3.8) is 0 Å². The van der Waals surface area contributed by atoms with Crippen LogP contribution < -0.4 is 5.32 Å². The van der Waals surface area contributed by atoms with Crippen molar-refractivity contribution < 1.29 is 24.0 Å². The molecule has 0 spiro atoms. The van der Waals surface area contributed by atoms with Crippen LogP contribution in [0.1, 0.15) is 87.5 Å². The van der Waals surface area contributed by atoms with Gasteiger partial charge in [-0.3, -0.25) is 9.69 Å². The zero-order valence-corrected chi connectivity index (χ0v) is 21.0. The van der Waals surface area contributed by atoms with E-state index in [1.807, 2.05) is 20.8 Å². The molecule has 5 rings (SSSR count). The Labute approximate surface area is 193 Å². The van der Waals surface area contributed by atoms with E-state index in [1.165, 1.54) is 11.3 Å². The number of carbonyl (C=O) groups excluding carboxylic acids is 1. The number of nitrogens with one attached hydrogen (secondary N) is 1. The molecule has 5 aliphatic rings. The van der Waals surface area contributed by atoms with Gasteiger partial charge in [0.25, 0.3) is 0 Å². The summed E-state index contributed by atoms with van der Waals surface area (Å²) < 4.78 is 13.1. The van der Waals surface area contributed by atoms with Crippen LogP contribution in [-0.4, -0.2) is 57.8 Å². The van der Waals surface area contributed by atoms with Crippen molar-refractivity contribution in [2.75, 3.05) is 0 Å². The topological polar surface area (TPSA) is 88.1 Å². The number of hydrogen-bond donors (Lipinski definition) is 2. The van der Waals surface area contributed by atoms with Gasteiger partial charge in [0.2, 0.25) is 5.91 Å². The minimum atomic E-state index is -1.06. The van der Waals surface area contributed by atoms with Gasteiger partial charge in [-0.2, -0.15) is 0 Å².